The Morgan fingerprint density at radius 3 is 2.29 bits per heavy atom. The minimum atomic E-state index is -1.56. The molecule has 0 radical (unpaired) electrons. The minimum Gasteiger partial charge on any atom is -0.497 e. The van der Waals surface area contributed by atoms with Crippen LogP contribution in [0.1, 0.15) is 11.5 Å². The number of hydrogen-bond acceptors (Lipinski definition) is 11. The van der Waals surface area contributed by atoms with Gasteiger partial charge in [-0.1, -0.05) is 23.9 Å². The molecule has 0 aromatic heterocycles. The summed E-state index contributed by atoms with van der Waals surface area (Å²) in [5, 5.41) is 62.3. The number of nitrogens with two attached hydrogens (primary N) is 1. The number of aliphatic hydroxyl groups excluding tert-OH is 4. The summed E-state index contributed by atoms with van der Waals surface area (Å²) >= 11 is 0.873. The van der Waals surface area contributed by atoms with E-state index in [0.29, 0.717) is 11.3 Å². The summed E-state index contributed by atoms with van der Waals surface area (Å²) < 4.78 is 10.7. The summed E-state index contributed by atoms with van der Waals surface area (Å²) in [5.41, 5.74) is 5.89. The van der Waals surface area contributed by atoms with Gasteiger partial charge in [-0.15, -0.1) is 0 Å². The van der Waals surface area contributed by atoms with E-state index in [0.717, 1.165) is 11.8 Å². The van der Waals surface area contributed by atoms with Crippen LogP contribution in [-0.2, 0) is 4.74 Å². The monoisotopic (exact) mass is 446 g/mol. The van der Waals surface area contributed by atoms with Crippen molar-refractivity contribution < 1.29 is 29.9 Å². The van der Waals surface area contributed by atoms with E-state index in [1.54, 1.807) is 24.3 Å². The lowest BCUT2D eigenvalue weighted by Gasteiger charge is -2.40. The first-order valence-corrected chi connectivity index (χ1v) is 10.2. The second-order valence-electron chi connectivity index (χ2n) is 6.94. The lowest BCUT2D eigenvalue weighted by atomic mass is 9.84. The largest absolute Gasteiger partial charge is 0.497 e. The predicted molar refractivity (Wildman–Crippen MR) is 110 cm³/mol. The summed E-state index contributed by atoms with van der Waals surface area (Å²) in [4.78, 5) is 0. The van der Waals surface area contributed by atoms with Crippen LogP contribution in [0.3, 0.4) is 0 Å². The molecule has 31 heavy (non-hydrogen) atoms. The zero-order valence-electron chi connectivity index (χ0n) is 16.5. The van der Waals surface area contributed by atoms with Gasteiger partial charge in [-0.3, -0.25) is 0 Å². The van der Waals surface area contributed by atoms with Crippen molar-refractivity contribution in [1.29, 1.82) is 10.5 Å². The van der Waals surface area contributed by atoms with Crippen molar-refractivity contribution in [1.82, 2.24) is 5.32 Å². The Bertz CT molecular complexity index is 965. The number of dihydropyridines is 1. The van der Waals surface area contributed by atoms with Gasteiger partial charge >= 0.3 is 0 Å². The van der Waals surface area contributed by atoms with Crippen molar-refractivity contribution >= 4 is 11.8 Å². The van der Waals surface area contributed by atoms with Crippen molar-refractivity contribution in [2.45, 2.75) is 35.8 Å². The van der Waals surface area contributed by atoms with E-state index < -0.39 is 42.4 Å². The normalized spacial score (nSPS) is 30.9. The SMILES string of the molecule is COc1ccc(C2C(C#N)=C(N)NC(S[C@@H]3O[C@H](CO)[C@H](O)[C@H](O)[C@H]3O)=C2C#N)cc1. The standard InChI is InChI=1S/C20H22N4O6S/c1-29-10-4-2-9(3-5-10)14-11(6-21)18(23)24-19(12(14)7-22)31-20-17(28)16(27)15(26)13(8-25)30-20/h2-5,13-17,20,24-28H,8,23H2,1H3/t13-,14?,15+,16+,17-,20+/m1/s1. The Kier molecular flexibility index (Phi) is 7.08. The molecule has 0 saturated carbocycles. The van der Waals surface area contributed by atoms with Gasteiger partial charge in [-0.05, 0) is 17.7 Å². The maximum Gasteiger partial charge on any atom is 0.138 e. The van der Waals surface area contributed by atoms with Crippen molar-refractivity contribution in [3.63, 3.8) is 0 Å². The molecule has 164 valence electrons. The van der Waals surface area contributed by atoms with Gasteiger partial charge in [0.25, 0.3) is 0 Å². The van der Waals surface area contributed by atoms with Crippen molar-refractivity contribution in [3.05, 3.63) is 51.8 Å². The molecule has 1 fully saturated rings. The minimum absolute atomic E-state index is 0.0365. The number of aliphatic hydroxyl groups is 4. The van der Waals surface area contributed by atoms with Gasteiger partial charge < -0.3 is 41.0 Å². The van der Waals surface area contributed by atoms with E-state index >= 15 is 0 Å². The number of hydrogen-bond donors (Lipinski definition) is 6. The molecule has 2 aliphatic heterocycles. The molecule has 0 spiro atoms. The highest BCUT2D eigenvalue weighted by Gasteiger charge is 2.45. The molecule has 7 N–H and O–H groups in total. The van der Waals surface area contributed by atoms with Crippen LogP contribution >= 0.6 is 11.8 Å². The number of allylic oxidation sites excluding steroid dienone is 2. The summed E-state index contributed by atoms with van der Waals surface area (Å²) in [5.74, 6) is -0.129. The number of nitrogens with one attached hydrogen (secondary N) is 1. The van der Waals surface area contributed by atoms with E-state index in [2.05, 4.69) is 11.4 Å². The van der Waals surface area contributed by atoms with Gasteiger partial charge in [0.15, 0.2) is 0 Å². The zero-order chi connectivity index (χ0) is 22.7. The number of nitriles is 2. The number of thioether (sulfide) groups is 1. The van der Waals surface area contributed by atoms with Crippen LogP contribution in [0.5, 0.6) is 5.75 Å². The number of benzene rings is 1. The molecule has 0 aliphatic carbocycles. The second-order valence-corrected chi connectivity index (χ2v) is 8.05. The first kappa shape index (κ1) is 22.9. The first-order chi connectivity index (χ1) is 14.9. The number of methoxy groups -OCH3 is 1. The second kappa shape index (κ2) is 9.58. The molecule has 0 amide bonds. The van der Waals surface area contributed by atoms with Gasteiger partial charge in [0.1, 0.15) is 41.4 Å². The fourth-order valence-corrected chi connectivity index (χ4v) is 4.62. The maximum atomic E-state index is 10.3. The van der Waals surface area contributed by atoms with Crippen LogP contribution in [0.2, 0.25) is 0 Å². The average molecular weight is 446 g/mol. The van der Waals surface area contributed by atoms with Crippen LogP contribution in [0.4, 0.5) is 0 Å². The van der Waals surface area contributed by atoms with E-state index in [1.807, 2.05) is 6.07 Å². The summed E-state index contributed by atoms with van der Waals surface area (Å²) in [6.45, 7) is -0.575. The Hall–Kier alpha value is -2.77. The lowest BCUT2D eigenvalue weighted by molar-refractivity contribution is -0.205. The van der Waals surface area contributed by atoms with Gasteiger partial charge in [0.2, 0.25) is 0 Å². The van der Waals surface area contributed by atoms with Crippen molar-refractivity contribution in [2.75, 3.05) is 13.7 Å². The molecule has 1 unspecified atom stereocenters. The molecule has 0 bridgehead atoms. The van der Waals surface area contributed by atoms with E-state index in [4.69, 9.17) is 15.2 Å². The third-order valence-electron chi connectivity index (χ3n) is 5.13. The van der Waals surface area contributed by atoms with E-state index in [1.165, 1.54) is 7.11 Å². The number of ether oxygens (including phenoxy) is 2. The van der Waals surface area contributed by atoms with Crippen molar-refractivity contribution in [2.24, 2.45) is 5.73 Å². The highest BCUT2D eigenvalue weighted by atomic mass is 32.2. The third kappa shape index (κ3) is 4.34. The van der Waals surface area contributed by atoms with Crippen LogP contribution in [0, 0.1) is 22.7 Å². The Morgan fingerprint density at radius 1 is 1.10 bits per heavy atom. The molecule has 2 heterocycles. The topological polar surface area (TPSA) is 185 Å². The number of rotatable bonds is 5. The van der Waals surface area contributed by atoms with E-state index in [9.17, 15) is 30.9 Å². The summed E-state index contributed by atoms with van der Waals surface area (Å²) in [6, 6.07) is 11.0. The van der Waals surface area contributed by atoms with Gasteiger partial charge in [-0.2, -0.15) is 10.5 Å². The smallest absolute Gasteiger partial charge is 0.138 e. The molecule has 1 aromatic carbocycles. The fraction of sp³-hybridized carbons (Fsp3) is 0.400. The molecule has 3 rings (SSSR count). The van der Waals surface area contributed by atoms with Crippen LogP contribution in [0.25, 0.3) is 0 Å². The van der Waals surface area contributed by atoms with Gasteiger partial charge in [0.05, 0.1) is 47.9 Å². The lowest BCUT2D eigenvalue weighted by Crippen LogP contribution is -2.57. The third-order valence-corrected chi connectivity index (χ3v) is 6.31. The molecule has 1 aromatic rings. The highest BCUT2D eigenvalue weighted by Crippen LogP contribution is 2.42. The molecule has 2 aliphatic rings. The van der Waals surface area contributed by atoms with Crippen LogP contribution in [0.15, 0.2) is 46.3 Å². The molecule has 6 atom stereocenters. The van der Waals surface area contributed by atoms with E-state index in [-0.39, 0.29) is 22.0 Å². The Morgan fingerprint density at radius 2 is 1.74 bits per heavy atom. The Balaban J connectivity index is 1.99. The number of nitrogens with zero attached hydrogens (tertiary/aromatic N) is 2. The maximum absolute atomic E-state index is 10.3. The summed E-state index contributed by atoms with van der Waals surface area (Å²) in [6.07, 6.45) is -5.65. The predicted octanol–water partition coefficient (Wildman–Crippen LogP) is -0.656. The molecule has 1 saturated heterocycles. The highest BCUT2D eigenvalue weighted by molar-refractivity contribution is 8.03. The average Bonchev–Trinajstić information content (AvgIpc) is 2.79. The fourth-order valence-electron chi connectivity index (χ4n) is 3.43. The van der Waals surface area contributed by atoms with Crippen LogP contribution < -0.4 is 15.8 Å². The first-order valence-electron chi connectivity index (χ1n) is 9.28. The van der Waals surface area contributed by atoms with Gasteiger partial charge in [-0.25, -0.2) is 0 Å². The molecule has 10 nitrogen and oxygen atoms in total. The quantitative estimate of drug-likeness (QED) is 0.337. The van der Waals surface area contributed by atoms with Crippen molar-refractivity contribution in [3.8, 4) is 17.9 Å². The Labute approximate surface area is 182 Å². The molecular weight excluding hydrogens is 424 g/mol. The van der Waals surface area contributed by atoms with Gasteiger partial charge in [0, 0.05) is 0 Å². The molecular formula is C20H22N4O6S. The molecule has 11 heteroatoms. The summed E-state index contributed by atoms with van der Waals surface area (Å²) in [7, 11) is 1.52. The zero-order valence-corrected chi connectivity index (χ0v) is 17.3. The van der Waals surface area contributed by atoms with Crippen LogP contribution in [-0.4, -0.2) is 64.0 Å².